The van der Waals surface area contributed by atoms with Crippen molar-refractivity contribution in [2.75, 3.05) is 16.6 Å². The highest BCUT2D eigenvalue weighted by atomic mass is 32.2. The number of nitrogens with one attached hydrogen (secondary N) is 2. The van der Waals surface area contributed by atoms with Crippen molar-refractivity contribution in [3.63, 3.8) is 0 Å². The molecule has 0 unspecified atom stereocenters. The van der Waals surface area contributed by atoms with Crippen molar-refractivity contribution in [1.82, 2.24) is 10.2 Å². The lowest BCUT2D eigenvalue weighted by Crippen LogP contribution is -2.15. The van der Waals surface area contributed by atoms with Crippen molar-refractivity contribution >= 4 is 27.3 Å². The molecule has 7 nitrogen and oxygen atoms in total. The van der Waals surface area contributed by atoms with Crippen LogP contribution < -0.4 is 14.8 Å². The van der Waals surface area contributed by atoms with Crippen LogP contribution in [0.4, 0.5) is 17.3 Å². The third-order valence-electron chi connectivity index (χ3n) is 3.97. The highest BCUT2D eigenvalue weighted by molar-refractivity contribution is 7.92. The quantitative estimate of drug-likeness (QED) is 0.624. The molecule has 0 spiro atoms. The molecule has 2 N–H and O–H groups in total. The summed E-state index contributed by atoms with van der Waals surface area (Å²) < 4.78 is 33.1. The number of rotatable bonds is 7. The Morgan fingerprint density at radius 1 is 0.929 bits per heavy atom. The number of nitrogens with zero attached hydrogens (tertiary/aromatic N) is 2. The molecular formula is C20H22N4O3S. The minimum Gasteiger partial charge on any atom is -0.494 e. The average molecular weight is 398 g/mol. The van der Waals surface area contributed by atoms with Crippen LogP contribution in [-0.4, -0.2) is 25.2 Å². The summed E-state index contributed by atoms with van der Waals surface area (Å²) in [6, 6.07) is 15.9. The topological polar surface area (TPSA) is 93.2 Å². The molecule has 0 fully saturated rings. The van der Waals surface area contributed by atoms with E-state index in [0.29, 0.717) is 18.0 Å². The lowest BCUT2D eigenvalue weighted by Gasteiger charge is -2.11. The third kappa shape index (κ3) is 4.77. The van der Waals surface area contributed by atoms with Crippen LogP contribution >= 0.6 is 0 Å². The molecule has 0 aliphatic heterocycles. The summed E-state index contributed by atoms with van der Waals surface area (Å²) in [5.74, 6) is 1.44. The monoisotopic (exact) mass is 398 g/mol. The molecule has 28 heavy (non-hydrogen) atoms. The Labute approximate surface area is 164 Å². The van der Waals surface area contributed by atoms with Crippen molar-refractivity contribution < 1.29 is 13.2 Å². The first-order valence-electron chi connectivity index (χ1n) is 8.81. The SMILES string of the molecule is CCOc1ccc(Nc2ccc(NS(=O)(=O)c3cc(C)ccc3C)nn2)cc1. The van der Waals surface area contributed by atoms with E-state index >= 15 is 0 Å². The summed E-state index contributed by atoms with van der Waals surface area (Å²) in [6.45, 7) is 6.14. The maximum atomic E-state index is 12.6. The van der Waals surface area contributed by atoms with Gasteiger partial charge in [-0.05, 0) is 74.4 Å². The summed E-state index contributed by atoms with van der Waals surface area (Å²) >= 11 is 0. The fourth-order valence-corrected chi connectivity index (χ4v) is 3.92. The van der Waals surface area contributed by atoms with Crippen LogP contribution in [0.15, 0.2) is 59.5 Å². The Morgan fingerprint density at radius 3 is 2.25 bits per heavy atom. The van der Waals surface area contributed by atoms with Gasteiger partial charge in [-0.1, -0.05) is 12.1 Å². The first-order chi connectivity index (χ1) is 13.4. The van der Waals surface area contributed by atoms with Crippen molar-refractivity contribution in [1.29, 1.82) is 0 Å². The third-order valence-corrected chi connectivity index (χ3v) is 5.47. The molecule has 1 aromatic heterocycles. The molecule has 0 aliphatic carbocycles. The second kappa shape index (κ2) is 8.26. The maximum absolute atomic E-state index is 12.6. The fraction of sp³-hybridized carbons (Fsp3) is 0.200. The molecule has 0 saturated heterocycles. The van der Waals surface area contributed by atoms with E-state index in [4.69, 9.17) is 4.74 Å². The van der Waals surface area contributed by atoms with Gasteiger partial charge in [0.15, 0.2) is 11.6 Å². The van der Waals surface area contributed by atoms with Gasteiger partial charge in [0.1, 0.15) is 5.75 Å². The molecule has 8 heteroatoms. The zero-order valence-corrected chi connectivity index (χ0v) is 16.7. The number of aryl methyl sites for hydroxylation is 2. The predicted octanol–water partition coefficient (Wildman–Crippen LogP) is 4.04. The number of benzene rings is 2. The van der Waals surface area contributed by atoms with Gasteiger partial charge in [0, 0.05) is 5.69 Å². The van der Waals surface area contributed by atoms with Crippen molar-refractivity contribution in [3.8, 4) is 5.75 Å². The standard InChI is InChI=1S/C20H22N4O3S/c1-4-27-17-9-7-16(8-10-17)21-19-11-12-20(23-22-19)24-28(25,26)18-13-14(2)5-6-15(18)3/h5-13H,4H2,1-3H3,(H,21,22)(H,23,24). The molecule has 0 amide bonds. The van der Waals surface area contributed by atoms with Crippen molar-refractivity contribution in [2.45, 2.75) is 25.7 Å². The van der Waals surface area contributed by atoms with E-state index in [0.717, 1.165) is 17.0 Å². The largest absolute Gasteiger partial charge is 0.494 e. The summed E-state index contributed by atoms with van der Waals surface area (Å²) in [6.07, 6.45) is 0. The van der Waals surface area contributed by atoms with Gasteiger partial charge < -0.3 is 10.1 Å². The number of ether oxygens (including phenoxy) is 1. The maximum Gasteiger partial charge on any atom is 0.263 e. The molecule has 146 valence electrons. The van der Waals surface area contributed by atoms with Crippen LogP contribution in [0, 0.1) is 13.8 Å². The zero-order valence-electron chi connectivity index (χ0n) is 15.9. The lowest BCUT2D eigenvalue weighted by atomic mass is 10.2. The van der Waals surface area contributed by atoms with Gasteiger partial charge in [-0.2, -0.15) is 0 Å². The fourth-order valence-electron chi connectivity index (χ4n) is 2.59. The molecule has 3 aromatic rings. The first kappa shape index (κ1) is 19.6. The van der Waals surface area contributed by atoms with E-state index in [2.05, 4.69) is 20.2 Å². The van der Waals surface area contributed by atoms with E-state index in [9.17, 15) is 8.42 Å². The van der Waals surface area contributed by atoms with E-state index in [-0.39, 0.29) is 10.7 Å². The molecule has 0 bridgehead atoms. The van der Waals surface area contributed by atoms with Crippen LogP contribution in [0.3, 0.4) is 0 Å². The number of hydrogen-bond donors (Lipinski definition) is 2. The van der Waals surface area contributed by atoms with E-state index < -0.39 is 10.0 Å². The van der Waals surface area contributed by atoms with E-state index in [1.54, 1.807) is 31.2 Å². The molecule has 0 saturated carbocycles. The minimum absolute atomic E-state index is 0.151. The molecule has 0 atom stereocenters. The van der Waals surface area contributed by atoms with Gasteiger partial charge >= 0.3 is 0 Å². The second-order valence-electron chi connectivity index (χ2n) is 6.26. The predicted molar refractivity (Wildman–Crippen MR) is 110 cm³/mol. The zero-order chi connectivity index (χ0) is 20.1. The van der Waals surface area contributed by atoms with Crippen molar-refractivity contribution in [3.05, 3.63) is 65.7 Å². The number of anilines is 3. The van der Waals surface area contributed by atoms with Crippen LogP contribution in [0.5, 0.6) is 5.75 Å². The Hall–Kier alpha value is -3.13. The summed E-state index contributed by atoms with van der Waals surface area (Å²) in [5.41, 5.74) is 2.35. The van der Waals surface area contributed by atoms with Crippen LogP contribution in [0.2, 0.25) is 0 Å². The van der Waals surface area contributed by atoms with Gasteiger partial charge in [-0.25, -0.2) is 8.42 Å². The summed E-state index contributed by atoms with van der Waals surface area (Å²) in [7, 11) is -3.74. The Morgan fingerprint density at radius 2 is 1.61 bits per heavy atom. The molecule has 0 aliphatic rings. The number of sulfonamides is 1. The smallest absolute Gasteiger partial charge is 0.263 e. The second-order valence-corrected chi connectivity index (χ2v) is 7.91. The van der Waals surface area contributed by atoms with Crippen LogP contribution in [-0.2, 0) is 10.0 Å². The summed E-state index contributed by atoms with van der Waals surface area (Å²) in [5, 5.41) is 11.1. The first-order valence-corrected chi connectivity index (χ1v) is 10.3. The normalized spacial score (nSPS) is 11.1. The molecule has 2 aromatic carbocycles. The average Bonchev–Trinajstić information content (AvgIpc) is 2.67. The highest BCUT2D eigenvalue weighted by Gasteiger charge is 2.18. The Bertz CT molecular complexity index is 1050. The molecular weight excluding hydrogens is 376 g/mol. The highest BCUT2D eigenvalue weighted by Crippen LogP contribution is 2.21. The Balaban J connectivity index is 1.71. The van der Waals surface area contributed by atoms with Gasteiger partial charge in [0.05, 0.1) is 11.5 Å². The van der Waals surface area contributed by atoms with Gasteiger partial charge in [-0.15, -0.1) is 10.2 Å². The number of hydrogen-bond acceptors (Lipinski definition) is 6. The Kier molecular flexibility index (Phi) is 5.79. The van der Waals surface area contributed by atoms with Crippen LogP contribution in [0.1, 0.15) is 18.1 Å². The lowest BCUT2D eigenvalue weighted by molar-refractivity contribution is 0.340. The summed E-state index contributed by atoms with van der Waals surface area (Å²) in [4.78, 5) is 0.228. The van der Waals surface area contributed by atoms with Gasteiger partial charge in [0.2, 0.25) is 0 Å². The van der Waals surface area contributed by atoms with E-state index in [1.807, 2.05) is 44.2 Å². The molecule has 1 heterocycles. The molecule has 0 radical (unpaired) electrons. The molecule has 3 rings (SSSR count). The van der Waals surface area contributed by atoms with Crippen LogP contribution in [0.25, 0.3) is 0 Å². The number of aromatic nitrogens is 2. The van der Waals surface area contributed by atoms with Crippen molar-refractivity contribution in [2.24, 2.45) is 0 Å². The van der Waals surface area contributed by atoms with Gasteiger partial charge in [0.25, 0.3) is 10.0 Å². The minimum atomic E-state index is -3.74. The van der Waals surface area contributed by atoms with E-state index in [1.165, 1.54) is 0 Å². The van der Waals surface area contributed by atoms with Gasteiger partial charge in [-0.3, -0.25) is 4.72 Å².